The van der Waals surface area contributed by atoms with Gasteiger partial charge in [-0.25, -0.2) is 4.79 Å². The van der Waals surface area contributed by atoms with Crippen LogP contribution in [-0.2, 0) is 19.0 Å². The van der Waals surface area contributed by atoms with E-state index in [-0.39, 0.29) is 18.2 Å². The fraction of sp³-hybridized carbons (Fsp3) is 0.421. The van der Waals surface area contributed by atoms with Crippen LogP contribution in [0.2, 0.25) is 0 Å². The Morgan fingerprint density at radius 1 is 1.28 bits per heavy atom. The quantitative estimate of drug-likeness (QED) is 0.765. The third-order valence-corrected chi connectivity index (χ3v) is 4.87. The highest BCUT2D eigenvalue weighted by molar-refractivity contribution is 9.10. The first-order valence-electron chi connectivity index (χ1n) is 8.34. The lowest BCUT2D eigenvalue weighted by Crippen LogP contribution is -2.45. The Hall–Kier alpha value is -1.63. The molecule has 0 aliphatic carbocycles. The van der Waals surface area contributed by atoms with Crippen molar-refractivity contribution in [3.8, 4) is 0 Å². The van der Waals surface area contributed by atoms with Gasteiger partial charge in [-0.1, -0.05) is 28.1 Å². The van der Waals surface area contributed by atoms with Crippen LogP contribution in [-0.4, -0.2) is 25.2 Å². The van der Waals surface area contributed by atoms with Gasteiger partial charge in [0.1, 0.15) is 0 Å². The average molecular weight is 408 g/mol. The van der Waals surface area contributed by atoms with E-state index in [1.165, 1.54) is 0 Å². The van der Waals surface area contributed by atoms with Gasteiger partial charge in [-0.15, -0.1) is 0 Å². The number of carbonyl (C=O) groups is 1. The summed E-state index contributed by atoms with van der Waals surface area (Å²) in [5.41, 5.74) is 4.21. The molecule has 1 N–H and O–H groups in total. The third-order valence-electron chi connectivity index (χ3n) is 4.37. The van der Waals surface area contributed by atoms with E-state index in [0.717, 1.165) is 27.0 Å². The molecule has 2 heterocycles. The van der Waals surface area contributed by atoms with Gasteiger partial charge in [-0.3, -0.25) is 0 Å². The van der Waals surface area contributed by atoms with E-state index in [4.69, 9.17) is 14.2 Å². The van der Waals surface area contributed by atoms with E-state index in [1.807, 2.05) is 45.0 Å². The number of nitrogens with one attached hydrogen (secondary N) is 1. The van der Waals surface area contributed by atoms with E-state index in [9.17, 15) is 4.79 Å². The van der Waals surface area contributed by atoms with Crippen LogP contribution in [0.5, 0.6) is 0 Å². The van der Waals surface area contributed by atoms with Crippen molar-refractivity contribution in [1.29, 1.82) is 0 Å². The molecule has 25 heavy (non-hydrogen) atoms. The van der Waals surface area contributed by atoms with Gasteiger partial charge in [-0.05, 0) is 45.4 Å². The summed E-state index contributed by atoms with van der Waals surface area (Å²) in [6.07, 6.45) is -0.712. The topological polar surface area (TPSA) is 56.8 Å². The van der Waals surface area contributed by atoms with Crippen molar-refractivity contribution in [3.05, 3.63) is 56.8 Å². The summed E-state index contributed by atoms with van der Waals surface area (Å²) in [4.78, 5) is 12.7. The molecule has 1 atom stereocenters. The molecule has 0 spiro atoms. The molecule has 6 heteroatoms. The molecule has 5 nitrogen and oxygen atoms in total. The van der Waals surface area contributed by atoms with E-state index in [0.29, 0.717) is 12.2 Å². The first-order chi connectivity index (χ1) is 11.9. The van der Waals surface area contributed by atoms with Gasteiger partial charge < -0.3 is 19.5 Å². The van der Waals surface area contributed by atoms with Crippen LogP contribution >= 0.6 is 15.9 Å². The third kappa shape index (κ3) is 3.52. The first kappa shape index (κ1) is 18.2. The molecule has 3 rings (SSSR count). The lowest BCUT2D eigenvalue weighted by atomic mass is 9.80. The van der Waals surface area contributed by atoms with Crippen molar-refractivity contribution in [2.75, 3.05) is 6.61 Å². The highest BCUT2D eigenvalue weighted by atomic mass is 79.9. The van der Waals surface area contributed by atoms with Gasteiger partial charge in [0.25, 0.3) is 0 Å². The molecule has 0 saturated carbocycles. The van der Waals surface area contributed by atoms with Crippen molar-refractivity contribution in [3.63, 3.8) is 0 Å². The number of hydrogen-bond donors (Lipinski definition) is 1. The van der Waals surface area contributed by atoms with E-state index in [1.54, 1.807) is 6.92 Å². The van der Waals surface area contributed by atoms with Crippen molar-refractivity contribution >= 4 is 21.9 Å². The van der Waals surface area contributed by atoms with Gasteiger partial charge in [-0.2, -0.15) is 0 Å². The number of esters is 1. The fourth-order valence-corrected chi connectivity index (χ4v) is 3.76. The molecule has 0 bridgehead atoms. The first-order valence-corrected chi connectivity index (χ1v) is 9.13. The predicted molar refractivity (Wildman–Crippen MR) is 97.5 cm³/mol. The van der Waals surface area contributed by atoms with Crippen LogP contribution in [0.25, 0.3) is 0 Å². The zero-order chi connectivity index (χ0) is 18.1. The van der Waals surface area contributed by atoms with Crippen LogP contribution in [0.1, 0.15) is 39.2 Å². The van der Waals surface area contributed by atoms with Crippen molar-refractivity contribution < 1.29 is 19.0 Å². The SMILES string of the molecule is CCOC(=O)C1=C(C)NC(C)=C(C2OC(C)O2)C1c1cccc(Br)c1. The Labute approximate surface area is 156 Å². The Kier molecular flexibility index (Phi) is 5.32. The standard InChI is InChI=1S/C19H22BrNO4/c1-5-23-18(22)15-10(2)21-11(3)16(19-24-12(4)25-19)17(15)13-7-6-8-14(20)9-13/h6-9,12,17,19,21H,5H2,1-4H3. The number of allylic oxidation sites excluding steroid dienone is 2. The maximum Gasteiger partial charge on any atom is 0.336 e. The van der Waals surface area contributed by atoms with Crippen molar-refractivity contribution in [2.45, 2.75) is 46.2 Å². The van der Waals surface area contributed by atoms with Crippen LogP contribution in [0.3, 0.4) is 0 Å². The predicted octanol–water partition coefficient (Wildman–Crippen LogP) is 3.97. The van der Waals surface area contributed by atoms with Gasteiger partial charge in [0.15, 0.2) is 12.6 Å². The summed E-state index contributed by atoms with van der Waals surface area (Å²) >= 11 is 3.52. The second kappa shape index (κ2) is 7.32. The lowest BCUT2D eigenvalue weighted by Gasteiger charge is -2.41. The molecule has 2 aliphatic heterocycles. The second-order valence-corrected chi connectivity index (χ2v) is 7.04. The molecule has 0 aromatic heterocycles. The summed E-state index contributed by atoms with van der Waals surface area (Å²) in [6.45, 7) is 7.85. The smallest absolute Gasteiger partial charge is 0.336 e. The molecule has 1 unspecified atom stereocenters. The molecule has 0 radical (unpaired) electrons. The number of rotatable bonds is 4. The maximum atomic E-state index is 12.7. The summed E-state index contributed by atoms with van der Waals surface area (Å²) in [6, 6.07) is 7.93. The normalized spacial score (nSPS) is 26.2. The monoisotopic (exact) mass is 407 g/mol. The molecular formula is C19H22BrNO4. The van der Waals surface area contributed by atoms with Crippen LogP contribution in [0, 0.1) is 0 Å². The van der Waals surface area contributed by atoms with Gasteiger partial charge in [0.2, 0.25) is 0 Å². The molecular weight excluding hydrogens is 386 g/mol. The summed E-state index contributed by atoms with van der Waals surface area (Å²) in [7, 11) is 0. The molecule has 1 aromatic rings. The van der Waals surface area contributed by atoms with Crippen molar-refractivity contribution in [2.24, 2.45) is 0 Å². The second-order valence-electron chi connectivity index (χ2n) is 6.12. The zero-order valence-corrected chi connectivity index (χ0v) is 16.3. The van der Waals surface area contributed by atoms with E-state index >= 15 is 0 Å². The number of ether oxygens (including phenoxy) is 3. The largest absolute Gasteiger partial charge is 0.463 e. The lowest BCUT2D eigenvalue weighted by molar-refractivity contribution is -0.360. The number of dihydropyridines is 1. The van der Waals surface area contributed by atoms with E-state index < -0.39 is 6.29 Å². The number of hydrogen-bond acceptors (Lipinski definition) is 5. The van der Waals surface area contributed by atoms with Gasteiger partial charge in [0, 0.05) is 27.4 Å². The molecule has 2 aliphatic rings. The molecule has 1 aromatic carbocycles. The summed E-state index contributed by atoms with van der Waals surface area (Å²) in [5, 5.41) is 3.28. The highest BCUT2D eigenvalue weighted by Gasteiger charge is 2.42. The molecule has 1 fully saturated rings. The Morgan fingerprint density at radius 2 is 2.00 bits per heavy atom. The molecule has 1 saturated heterocycles. The fourth-order valence-electron chi connectivity index (χ4n) is 3.34. The van der Waals surface area contributed by atoms with E-state index in [2.05, 4.69) is 21.2 Å². The minimum Gasteiger partial charge on any atom is -0.463 e. The summed E-state index contributed by atoms with van der Waals surface area (Å²) < 4.78 is 17.8. The van der Waals surface area contributed by atoms with Crippen LogP contribution in [0.15, 0.2) is 51.3 Å². The van der Waals surface area contributed by atoms with Crippen LogP contribution in [0.4, 0.5) is 0 Å². The average Bonchev–Trinajstić information content (AvgIpc) is 2.52. The molecule has 134 valence electrons. The van der Waals surface area contributed by atoms with Crippen LogP contribution < -0.4 is 5.32 Å². The van der Waals surface area contributed by atoms with Gasteiger partial charge in [0.05, 0.1) is 12.2 Å². The zero-order valence-electron chi connectivity index (χ0n) is 14.8. The number of benzene rings is 1. The Bertz CT molecular complexity index is 750. The minimum absolute atomic E-state index is 0.244. The Morgan fingerprint density at radius 3 is 2.60 bits per heavy atom. The van der Waals surface area contributed by atoms with Gasteiger partial charge >= 0.3 is 5.97 Å². The molecule has 0 amide bonds. The summed E-state index contributed by atoms with van der Waals surface area (Å²) in [5.74, 6) is -0.606. The number of carbonyl (C=O) groups excluding carboxylic acids is 1. The maximum absolute atomic E-state index is 12.7. The number of halogens is 1. The van der Waals surface area contributed by atoms with Crippen molar-refractivity contribution in [1.82, 2.24) is 5.32 Å². The Balaban J connectivity index is 2.10. The highest BCUT2D eigenvalue weighted by Crippen LogP contribution is 2.43. The minimum atomic E-state index is -0.469.